The van der Waals surface area contributed by atoms with Crippen LogP contribution in [0, 0.1) is 0 Å². The highest BCUT2D eigenvalue weighted by Gasteiger charge is 2.34. The number of esters is 1. The van der Waals surface area contributed by atoms with Gasteiger partial charge in [0.2, 0.25) is 10.0 Å². The maximum atomic E-state index is 12.5. The Morgan fingerprint density at radius 2 is 1.96 bits per heavy atom. The van der Waals surface area contributed by atoms with E-state index < -0.39 is 21.9 Å². The molecule has 0 bridgehead atoms. The second-order valence-electron chi connectivity index (χ2n) is 6.20. The Bertz CT molecular complexity index is 849. The molecule has 2 rings (SSSR count). The van der Waals surface area contributed by atoms with E-state index >= 15 is 0 Å². The van der Waals surface area contributed by atoms with Gasteiger partial charge in [0, 0.05) is 18.8 Å². The minimum Gasteiger partial charge on any atom is -0.466 e. The summed E-state index contributed by atoms with van der Waals surface area (Å²) >= 11 is 0. The molecular formula is C18H25N3O6S. The van der Waals surface area contributed by atoms with E-state index in [1.165, 1.54) is 36.3 Å². The molecular weight excluding hydrogens is 386 g/mol. The van der Waals surface area contributed by atoms with Crippen molar-refractivity contribution in [2.75, 3.05) is 38.7 Å². The maximum absolute atomic E-state index is 12.5. The first-order valence-corrected chi connectivity index (χ1v) is 10.4. The van der Waals surface area contributed by atoms with Gasteiger partial charge >= 0.3 is 5.97 Å². The molecule has 1 aliphatic heterocycles. The molecule has 0 radical (unpaired) electrons. The van der Waals surface area contributed by atoms with Gasteiger partial charge in [-0.15, -0.1) is 0 Å². The Morgan fingerprint density at radius 1 is 1.29 bits per heavy atom. The summed E-state index contributed by atoms with van der Waals surface area (Å²) in [6.45, 7) is 2.22. The van der Waals surface area contributed by atoms with Crippen LogP contribution in [0.4, 0.5) is 5.69 Å². The second-order valence-corrected chi connectivity index (χ2v) is 7.96. The number of β-amino-alcohol motifs (C(OH)–C–C–N with tert-alkyl or cyclic N) is 1. The first kappa shape index (κ1) is 21.9. The molecule has 0 fully saturated rings. The van der Waals surface area contributed by atoms with Crippen LogP contribution >= 0.6 is 0 Å². The van der Waals surface area contributed by atoms with Crippen molar-refractivity contribution in [3.63, 3.8) is 0 Å². The standard InChI is InChI=1S/C18H25N3O6S/c1-3-4-9-19-28(25,26)14-7-5-13(6-8-14)20-16-15(18(24)27-2)12-21(10-11-22)17(16)23/h5-8,19-20,22H,3-4,9-12H2,1-2H3. The van der Waals surface area contributed by atoms with E-state index in [2.05, 4.69) is 10.0 Å². The van der Waals surface area contributed by atoms with Crippen LogP contribution < -0.4 is 10.0 Å². The van der Waals surface area contributed by atoms with E-state index in [1.54, 1.807) is 0 Å². The molecule has 0 saturated heterocycles. The summed E-state index contributed by atoms with van der Waals surface area (Å²) in [5.41, 5.74) is 0.652. The molecule has 154 valence electrons. The zero-order valence-electron chi connectivity index (χ0n) is 15.9. The molecule has 1 aromatic rings. The first-order valence-electron chi connectivity index (χ1n) is 8.92. The lowest BCUT2D eigenvalue weighted by Crippen LogP contribution is -2.31. The molecule has 0 aliphatic carbocycles. The number of carbonyl (C=O) groups excluding carboxylic acids is 2. The van der Waals surface area contributed by atoms with Crippen molar-refractivity contribution in [2.45, 2.75) is 24.7 Å². The third kappa shape index (κ3) is 5.09. The Labute approximate surface area is 164 Å². The number of carbonyl (C=O) groups is 2. The molecule has 0 unspecified atom stereocenters. The van der Waals surface area contributed by atoms with Gasteiger partial charge < -0.3 is 20.1 Å². The van der Waals surface area contributed by atoms with Crippen LogP contribution in [0.15, 0.2) is 40.4 Å². The highest BCUT2D eigenvalue weighted by molar-refractivity contribution is 7.89. The molecule has 0 spiro atoms. The number of nitrogens with zero attached hydrogens (tertiary/aromatic N) is 1. The van der Waals surface area contributed by atoms with Crippen molar-refractivity contribution in [2.24, 2.45) is 0 Å². The number of sulfonamides is 1. The molecule has 10 heteroatoms. The smallest absolute Gasteiger partial charge is 0.337 e. The number of anilines is 1. The molecule has 9 nitrogen and oxygen atoms in total. The number of hydrogen-bond donors (Lipinski definition) is 3. The first-order chi connectivity index (χ1) is 13.3. The molecule has 1 aromatic carbocycles. The summed E-state index contributed by atoms with van der Waals surface area (Å²) in [5, 5.41) is 11.9. The number of nitrogens with one attached hydrogen (secondary N) is 2. The lowest BCUT2D eigenvalue weighted by atomic mass is 10.2. The van der Waals surface area contributed by atoms with Crippen LogP contribution in [0.25, 0.3) is 0 Å². The van der Waals surface area contributed by atoms with Crippen LogP contribution in [0.2, 0.25) is 0 Å². The molecule has 0 atom stereocenters. The van der Waals surface area contributed by atoms with Gasteiger partial charge in [0.05, 0.1) is 30.7 Å². The average molecular weight is 411 g/mol. The number of aliphatic hydroxyl groups is 1. The van der Waals surface area contributed by atoms with E-state index in [9.17, 15) is 18.0 Å². The zero-order valence-corrected chi connectivity index (χ0v) is 16.7. The number of aliphatic hydroxyl groups excluding tert-OH is 1. The number of unbranched alkanes of at least 4 members (excludes halogenated alkanes) is 1. The summed E-state index contributed by atoms with van der Waals surface area (Å²) < 4.78 is 31.7. The fraction of sp³-hybridized carbons (Fsp3) is 0.444. The Morgan fingerprint density at radius 3 is 2.54 bits per heavy atom. The molecule has 28 heavy (non-hydrogen) atoms. The van der Waals surface area contributed by atoms with Crippen LogP contribution in [0.5, 0.6) is 0 Å². The van der Waals surface area contributed by atoms with Crippen LogP contribution in [0.1, 0.15) is 19.8 Å². The number of methoxy groups -OCH3 is 1. The molecule has 3 N–H and O–H groups in total. The Balaban J connectivity index is 2.19. The highest BCUT2D eigenvalue weighted by Crippen LogP contribution is 2.23. The van der Waals surface area contributed by atoms with Crippen LogP contribution in [-0.4, -0.2) is 63.7 Å². The SMILES string of the molecule is CCCCNS(=O)(=O)c1ccc(NC2=C(C(=O)OC)CN(CCO)C2=O)cc1. The zero-order chi connectivity index (χ0) is 20.7. The van der Waals surface area contributed by atoms with Gasteiger partial charge in [0.1, 0.15) is 5.70 Å². The van der Waals surface area contributed by atoms with Crippen molar-refractivity contribution >= 4 is 27.6 Å². The second kappa shape index (κ2) is 9.67. The Hall–Kier alpha value is -2.43. The normalized spacial score (nSPS) is 14.5. The third-order valence-corrected chi connectivity index (χ3v) is 5.69. The largest absolute Gasteiger partial charge is 0.466 e. The predicted octanol–water partition coefficient (Wildman–Crippen LogP) is 0.439. The van der Waals surface area contributed by atoms with Crippen LogP contribution in [-0.2, 0) is 24.3 Å². The lowest BCUT2D eigenvalue weighted by Gasteiger charge is -2.15. The number of hydrogen-bond acceptors (Lipinski definition) is 7. The van der Waals surface area contributed by atoms with Gasteiger partial charge in [-0.2, -0.15) is 0 Å². The quantitative estimate of drug-likeness (QED) is 0.377. The lowest BCUT2D eigenvalue weighted by molar-refractivity contribution is -0.136. The summed E-state index contributed by atoms with van der Waals surface area (Å²) in [6, 6.07) is 5.86. The van der Waals surface area contributed by atoms with E-state index in [0.717, 1.165) is 12.8 Å². The third-order valence-electron chi connectivity index (χ3n) is 4.21. The molecule has 0 aromatic heterocycles. The maximum Gasteiger partial charge on any atom is 0.337 e. The van der Waals surface area contributed by atoms with E-state index in [0.29, 0.717) is 12.2 Å². The van der Waals surface area contributed by atoms with Crippen molar-refractivity contribution in [3.8, 4) is 0 Å². The van der Waals surface area contributed by atoms with Crippen molar-refractivity contribution < 1.29 is 27.9 Å². The summed E-state index contributed by atoms with van der Waals surface area (Å²) in [7, 11) is -2.38. The van der Waals surface area contributed by atoms with Crippen molar-refractivity contribution in [1.82, 2.24) is 9.62 Å². The van der Waals surface area contributed by atoms with Gasteiger partial charge in [0.15, 0.2) is 0 Å². The van der Waals surface area contributed by atoms with Gasteiger partial charge in [0.25, 0.3) is 5.91 Å². The minimum absolute atomic E-state index is 0.0300. The molecule has 1 heterocycles. The number of benzene rings is 1. The molecule has 1 aliphatic rings. The van der Waals surface area contributed by atoms with Crippen molar-refractivity contribution in [1.29, 1.82) is 0 Å². The molecule has 1 amide bonds. The van der Waals surface area contributed by atoms with Gasteiger partial charge in [-0.3, -0.25) is 4.79 Å². The number of ether oxygens (including phenoxy) is 1. The van der Waals surface area contributed by atoms with E-state index in [-0.39, 0.29) is 35.9 Å². The van der Waals surface area contributed by atoms with E-state index in [1.807, 2.05) is 6.92 Å². The molecule has 0 saturated carbocycles. The van der Waals surface area contributed by atoms with Crippen molar-refractivity contribution in [3.05, 3.63) is 35.5 Å². The minimum atomic E-state index is -3.60. The topological polar surface area (TPSA) is 125 Å². The fourth-order valence-electron chi connectivity index (χ4n) is 2.68. The highest BCUT2D eigenvalue weighted by atomic mass is 32.2. The van der Waals surface area contributed by atoms with E-state index in [4.69, 9.17) is 9.84 Å². The fourth-order valence-corrected chi connectivity index (χ4v) is 3.75. The summed E-state index contributed by atoms with van der Waals surface area (Å²) in [5.74, 6) is -1.08. The number of amides is 1. The monoisotopic (exact) mass is 411 g/mol. The average Bonchev–Trinajstić information content (AvgIpc) is 2.98. The summed E-state index contributed by atoms with van der Waals surface area (Å²) in [4.78, 5) is 25.9. The number of rotatable bonds is 10. The van der Waals surface area contributed by atoms with Crippen LogP contribution in [0.3, 0.4) is 0 Å². The van der Waals surface area contributed by atoms with Gasteiger partial charge in [-0.05, 0) is 30.7 Å². The summed E-state index contributed by atoms with van der Waals surface area (Å²) in [6.07, 6.45) is 1.63. The van der Waals surface area contributed by atoms with Gasteiger partial charge in [-0.25, -0.2) is 17.9 Å². The predicted molar refractivity (Wildman–Crippen MR) is 103 cm³/mol. The Kier molecular flexibility index (Phi) is 7.55. The van der Waals surface area contributed by atoms with Gasteiger partial charge in [-0.1, -0.05) is 13.3 Å².